The molecule has 140 valence electrons. The number of aromatic amines is 1. The van der Waals surface area contributed by atoms with Gasteiger partial charge in [-0.25, -0.2) is 9.18 Å². The number of nitrogens with zero attached hydrogens (tertiary/aromatic N) is 1. The Labute approximate surface area is 155 Å². The van der Waals surface area contributed by atoms with Crippen molar-refractivity contribution in [2.24, 2.45) is 0 Å². The molecule has 0 bridgehead atoms. The van der Waals surface area contributed by atoms with Gasteiger partial charge in [-0.1, -0.05) is 24.3 Å². The van der Waals surface area contributed by atoms with E-state index in [1.807, 2.05) is 30.3 Å². The van der Waals surface area contributed by atoms with Crippen molar-refractivity contribution in [1.82, 2.24) is 9.88 Å². The third-order valence-corrected chi connectivity index (χ3v) is 4.30. The van der Waals surface area contributed by atoms with Gasteiger partial charge in [0.2, 0.25) is 0 Å². The highest BCUT2D eigenvalue weighted by Crippen LogP contribution is 2.28. The number of carbonyl (C=O) groups excluding carboxylic acids is 1. The van der Waals surface area contributed by atoms with Gasteiger partial charge in [0.05, 0.1) is 13.5 Å². The van der Waals surface area contributed by atoms with Crippen LogP contribution in [0, 0.1) is 5.82 Å². The minimum absolute atomic E-state index is 0.246. The molecule has 0 spiro atoms. The van der Waals surface area contributed by atoms with Crippen molar-refractivity contribution in [3.8, 4) is 11.3 Å². The molecule has 0 unspecified atom stereocenters. The molecule has 27 heavy (non-hydrogen) atoms. The molecule has 3 rings (SSSR count). The highest BCUT2D eigenvalue weighted by Gasteiger charge is 2.13. The van der Waals surface area contributed by atoms with E-state index in [1.165, 1.54) is 24.1 Å². The van der Waals surface area contributed by atoms with Crippen molar-refractivity contribution >= 4 is 23.0 Å². The number of methoxy groups -OCH3 is 1. The first-order valence-electron chi connectivity index (χ1n) is 8.28. The number of aliphatic carboxylic acids is 1. The molecule has 0 atom stereocenters. The van der Waals surface area contributed by atoms with Gasteiger partial charge in [0, 0.05) is 30.2 Å². The van der Waals surface area contributed by atoms with E-state index >= 15 is 0 Å². The summed E-state index contributed by atoms with van der Waals surface area (Å²) in [5.41, 5.74) is 3.54. The largest absolute Gasteiger partial charge is 0.481 e. The van der Waals surface area contributed by atoms with Crippen molar-refractivity contribution in [1.29, 1.82) is 0 Å². The van der Waals surface area contributed by atoms with Crippen LogP contribution >= 0.6 is 0 Å². The number of carboxylic acid groups (broad SMARTS) is 1. The molecule has 3 aromatic rings. The average molecular weight is 370 g/mol. The summed E-state index contributed by atoms with van der Waals surface area (Å²) < 4.78 is 18.4. The van der Waals surface area contributed by atoms with E-state index in [4.69, 9.17) is 5.11 Å². The van der Waals surface area contributed by atoms with E-state index in [2.05, 4.69) is 9.72 Å². The Morgan fingerprint density at radius 2 is 1.89 bits per heavy atom. The molecule has 0 saturated heterocycles. The highest BCUT2D eigenvalue weighted by molar-refractivity contribution is 5.91. The maximum absolute atomic E-state index is 13.8. The summed E-state index contributed by atoms with van der Waals surface area (Å²) in [5.74, 6) is -1.49. The second-order valence-corrected chi connectivity index (χ2v) is 6.30. The minimum atomic E-state index is -1.01. The van der Waals surface area contributed by atoms with Crippen LogP contribution in [0.5, 0.6) is 0 Å². The summed E-state index contributed by atoms with van der Waals surface area (Å²) in [4.78, 5) is 27.1. The third-order valence-electron chi connectivity index (χ3n) is 4.30. The number of amides is 1. The van der Waals surface area contributed by atoms with Gasteiger partial charge in [-0.15, -0.1) is 0 Å². The van der Waals surface area contributed by atoms with E-state index in [1.54, 1.807) is 7.05 Å². The zero-order chi connectivity index (χ0) is 19.6. The fraction of sp³-hybridized carbons (Fsp3) is 0.200. The summed E-state index contributed by atoms with van der Waals surface area (Å²) in [6.07, 6.45) is -0.660. The third kappa shape index (κ3) is 4.08. The number of aromatic nitrogens is 1. The molecular weight excluding hydrogens is 351 g/mol. The smallest absolute Gasteiger partial charge is 0.409 e. The highest BCUT2D eigenvalue weighted by atomic mass is 19.1. The Bertz CT molecular complexity index is 995. The van der Waals surface area contributed by atoms with Gasteiger partial charge in [-0.3, -0.25) is 4.79 Å². The van der Waals surface area contributed by atoms with Crippen LogP contribution < -0.4 is 0 Å². The lowest BCUT2D eigenvalue weighted by molar-refractivity contribution is -0.136. The first-order chi connectivity index (χ1) is 12.9. The number of fused-ring (bicyclic) bond motifs is 1. The number of H-pyrrole nitrogens is 1. The number of carboxylic acids is 1. The van der Waals surface area contributed by atoms with Gasteiger partial charge < -0.3 is 19.7 Å². The van der Waals surface area contributed by atoms with Gasteiger partial charge >= 0.3 is 12.1 Å². The van der Waals surface area contributed by atoms with Crippen LogP contribution in [0.3, 0.4) is 0 Å². The van der Waals surface area contributed by atoms with E-state index < -0.39 is 17.9 Å². The van der Waals surface area contributed by atoms with Gasteiger partial charge in [-0.2, -0.15) is 0 Å². The molecule has 2 aromatic carbocycles. The monoisotopic (exact) mass is 370 g/mol. The van der Waals surface area contributed by atoms with Crippen LogP contribution in [0.25, 0.3) is 22.2 Å². The van der Waals surface area contributed by atoms with Crippen molar-refractivity contribution in [2.75, 3.05) is 14.2 Å². The van der Waals surface area contributed by atoms with Crippen LogP contribution in [0.1, 0.15) is 11.1 Å². The maximum Gasteiger partial charge on any atom is 0.409 e. The molecule has 0 aliphatic rings. The summed E-state index contributed by atoms with van der Waals surface area (Å²) >= 11 is 0. The normalized spacial score (nSPS) is 10.8. The van der Waals surface area contributed by atoms with Crippen molar-refractivity contribution < 1.29 is 23.8 Å². The lowest BCUT2D eigenvalue weighted by Crippen LogP contribution is -2.25. The SMILES string of the molecule is COC(=O)N(C)Cc1ccc(-c2cc3c(CC(=O)O)cc(F)cc3[nH]2)cc1. The van der Waals surface area contributed by atoms with Gasteiger partial charge in [0.1, 0.15) is 5.82 Å². The lowest BCUT2D eigenvalue weighted by Gasteiger charge is -2.15. The molecule has 6 nitrogen and oxygen atoms in total. The summed E-state index contributed by atoms with van der Waals surface area (Å²) in [6.45, 7) is 0.410. The van der Waals surface area contributed by atoms with Gasteiger partial charge in [0.25, 0.3) is 0 Å². The number of nitrogens with one attached hydrogen (secondary N) is 1. The van der Waals surface area contributed by atoms with Crippen LogP contribution in [0.15, 0.2) is 42.5 Å². The topological polar surface area (TPSA) is 82.6 Å². The molecule has 1 aromatic heterocycles. The fourth-order valence-corrected chi connectivity index (χ4v) is 3.02. The molecule has 0 aliphatic heterocycles. The molecule has 1 amide bonds. The molecule has 0 fully saturated rings. The van der Waals surface area contributed by atoms with E-state index in [0.717, 1.165) is 16.8 Å². The van der Waals surface area contributed by atoms with E-state index in [-0.39, 0.29) is 6.42 Å². The Kier molecular flexibility index (Phi) is 5.12. The Morgan fingerprint density at radius 3 is 2.52 bits per heavy atom. The Morgan fingerprint density at radius 1 is 1.19 bits per heavy atom. The molecule has 0 radical (unpaired) electrons. The number of hydrogen-bond donors (Lipinski definition) is 2. The molecular formula is C20H19FN2O4. The quantitative estimate of drug-likeness (QED) is 0.716. The number of rotatable bonds is 5. The molecule has 7 heteroatoms. The van der Waals surface area contributed by atoms with Crippen molar-refractivity contribution in [2.45, 2.75) is 13.0 Å². The van der Waals surface area contributed by atoms with Gasteiger partial charge in [0.15, 0.2) is 0 Å². The Balaban J connectivity index is 1.89. The zero-order valence-electron chi connectivity index (χ0n) is 15.0. The van der Waals surface area contributed by atoms with Crippen molar-refractivity contribution in [3.63, 3.8) is 0 Å². The van der Waals surface area contributed by atoms with Crippen LogP contribution in [0.2, 0.25) is 0 Å². The maximum atomic E-state index is 13.8. The Hall–Kier alpha value is -3.35. The summed E-state index contributed by atoms with van der Waals surface area (Å²) in [7, 11) is 2.98. The standard InChI is InChI=1S/C20H19FN2O4/c1-23(20(26)27-2)11-12-3-5-13(6-4-12)17-10-16-14(8-19(24)25)7-15(21)9-18(16)22-17/h3-7,9-10,22H,8,11H2,1-2H3,(H,24,25). The molecule has 0 aliphatic carbocycles. The fourth-order valence-electron chi connectivity index (χ4n) is 3.02. The van der Waals surface area contributed by atoms with E-state index in [9.17, 15) is 14.0 Å². The summed E-state index contributed by atoms with van der Waals surface area (Å²) in [5, 5.41) is 9.71. The van der Waals surface area contributed by atoms with Crippen LogP contribution in [-0.2, 0) is 22.5 Å². The minimum Gasteiger partial charge on any atom is -0.481 e. The lowest BCUT2D eigenvalue weighted by atomic mass is 10.1. The van der Waals surface area contributed by atoms with Crippen LogP contribution in [-0.4, -0.2) is 41.2 Å². The predicted molar refractivity (Wildman–Crippen MR) is 98.9 cm³/mol. The first-order valence-corrected chi connectivity index (χ1v) is 8.28. The molecule has 1 heterocycles. The summed E-state index contributed by atoms with van der Waals surface area (Å²) in [6, 6.07) is 12.0. The predicted octanol–water partition coefficient (Wildman–Crippen LogP) is 3.80. The first kappa shape index (κ1) is 18.4. The molecule has 0 saturated carbocycles. The second-order valence-electron chi connectivity index (χ2n) is 6.30. The van der Waals surface area contributed by atoms with E-state index in [0.29, 0.717) is 23.0 Å². The number of carbonyl (C=O) groups is 2. The zero-order valence-corrected chi connectivity index (χ0v) is 15.0. The number of benzene rings is 2. The molecule has 2 N–H and O–H groups in total. The number of hydrogen-bond acceptors (Lipinski definition) is 3. The number of ether oxygens (including phenoxy) is 1. The van der Waals surface area contributed by atoms with Gasteiger partial charge in [-0.05, 0) is 34.9 Å². The second kappa shape index (κ2) is 7.49. The average Bonchev–Trinajstić information content (AvgIpc) is 3.05. The number of halogens is 1. The van der Waals surface area contributed by atoms with Crippen molar-refractivity contribution in [3.05, 3.63) is 59.4 Å². The van der Waals surface area contributed by atoms with Crippen LogP contribution in [0.4, 0.5) is 9.18 Å².